The van der Waals surface area contributed by atoms with E-state index in [-0.39, 0.29) is 5.69 Å². The quantitative estimate of drug-likeness (QED) is 0.492. The molecule has 0 spiro atoms. The van der Waals surface area contributed by atoms with Gasteiger partial charge in [-0.1, -0.05) is 18.2 Å². The second kappa shape index (κ2) is 7.89. The molecule has 3 aromatic carbocycles. The Balaban J connectivity index is 1.43. The van der Waals surface area contributed by atoms with Crippen LogP contribution in [-0.4, -0.2) is 16.2 Å². The highest BCUT2D eigenvalue weighted by atomic mass is 19.1. The average Bonchev–Trinajstić information content (AvgIpc) is 3.22. The average molecular weight is 392 g/mol. The van der Waals surface area contributed by atoms with Crippen molar-refractivity contribution in [3.8, 4) is 22.9 Å². The van der Waals surface area contributed by atoms with Gasteiger partial charge in [-0.25, -0.2) is 13.6 Å². The molecule has 4 aromatic rings. The molecular weight excluding hydrogens is 378 g/mol. The first kappa shape index (κ1) is 18.3. The van der Waals surface area contributed by atoms with Crippen LogP contribution < -0.4 is 10.6 Å². The van der Waals surface area contributed by atoms with Crippen molar-refractivity contribution in [3.63, 3.8) is 0 Å². The van der Waals surface area contributed by atoms with Gasteiger partial charge in [-0.2, -0.15) is 0 Å². The lowest BCUT2D eigenvalue weighted by Gasteiger charge is -2.08. The molecular formula is C21H14F2N4O2. The van der Waals surface area contributed by atoms with E-state index >= 15 is 0 Å². The lowest BCUT2D eigenvalue weighted by Crippen LogP contribution is -2.20. The van der Waals surface area contributed by atoms with Crippen molar-refractivity contribution in [2.75, 3.05) is 10.6 Å². The van der Waals surface area contributed by atoms with E-state index in [9.17, 15) is 13.6 Å². The maximum atomic E-state index is 13.6. The summed E-state index contributed by atoms with van der Waals surface area (Å²) in [5.74, 6) is -0.835. The normalized spacial score (nSPS) is 10.6. The third-order valence-electron chi connectivity index (χ3n) is 4.01. The van der Waals surface area contributed by atoms with Crippen LogP contribution in [0.2, 0.25) is 0 Å². The number of hydrogen-bond acceptors (Lipinski definition) is 4. The number of aromatic nitrogens is 2. The van der Waals surface area contributed by atoms with Gasteiger partial charge in [0.15, 0.2) is 0 Å². The second-order valence-corrected chi connectivity index (χ2v) is 6.06. The van der Waals surface area contributed by atoms with Gasteiger partial charge < -0.3 is 15.1 Å². The Kier molecular flexibility index (Phi) is 4.98. The molecule has 1 aromatic heterocycles. The number of carbonyl (C=O) groups excluding carboxylic acids is 1. The Morgan fingerprint density at radius 1 is 0.793 bits per heavy atom. The van der Waals surface area contributed by atoms with E-state index in [0.29, 0.717) is 29.1 Å². The fourth-order valence-corrected chi connectivity index (χ4v) is 2.61. The molecule has 2 N–H and O–H groups in total. The van der Waals surface area contributed by atoms with Crippen LogP contribution in [0.4, 0.5) is 25.0 Å². The highest BCUT2D eigenvalue weighted by Gasteiger charge is 2.11. The first-order valence-corrected chi connectivity index (χ1v) is 8.61. The van der Waals surface area contributed by atoms with Gasteiger partial charge >= 0.3 is 6.03 Å². The number of benzene rings is 3. The second-order valence-electron chi connectivity index (χ2n) is 6.06. The predicted octanol–water partition coefficient (Wildman–Crippen LogP) is 5.33. The van der Waals surface area contributed by atoms with Crippen LogP contribution in [0.25, 0.3) is 22.9 Å². The summed E-state index contributed by atoms with van der Waals surface area (Å²) in [5.41, 5.74) is 1.83. The largest absolute Gasteiger partial charge is 0.416 e. The van der Waals surface area contributed by atoms with E-state index in [2.05, 4.69) is 20.8 Å². The molecule has 0 aliphatic carbocycles. The smallest absolute Gasteiger partial charge is 0.323 e. The monoisotopic (exact) mass is 392 g/mol. The molecule has 8 heteroatoms. The van der Waals surface area contributed by atoms with E-state index in [0.717, 1.165) is 17.7 Å². The minimum atomic E-state index is -0.860. The number of urea groups is 1. The molecule has 0 aliphatic rings. The summed E-state index contributed by atoms with van der Waals surface area (Å²) in [5, 5.41) is 13.0. The Hall–Kier alpha value is -4.07. The van der Waals surface area contributed by atoms with Crippen molar-refractivity contribution in [1.29, 1.82) is 0 Å². The molecule has 0 aliphatic heterocycles. The number of hydrogen-bond donors (Lipinski definition) is 2. The maximum Gasteiger partial charge on any atom is 0.323 e. The van der Waals surface area contributed by atoms with Crippen molar-refractivity contribution in [1.82, 2.24) is 10.2 Å². The zero-order chi connectivity index (χ0) is 20.2. The van der Waals surface area contributed by atoms with Crippen LogP contribution >= 0.6 is 0 Å². The molecule has 29 heavy (non-hydrogen) atoms. The third kappa shape index (κ3) is 4.27. The molecule has 0 atom stereocenters. The topological polar surface area (TPSA) is 80.1 Å². The Morgan fingerprint density at radius 3 is 2.10 bits per heavy atom. The first-order valence-electron chi connectivity index (χ1n) is 8.61. The number of amides is 2. The standard InChI is InChI=1S/C21H14F2N4O2/c22-15-8-11-18(17(23)12-15)25-21(28)24-16-9-6-14(7-10-16)20-27-26-19(29-20)13-4-2-1-3-5-13/h1-12H,(H2,24,25,28). The van der Waals surface area contributed by atoms with Gasteiger partial charge in [0.2, 0.25) is 11.8 Å². The van der Waals surface area contributed by atoms with Crippen LogP contribution in [-0.2, 0) is 0 Å². The van der Waals surface area contributed by atoms with Gasteiger partial charge in [-0.05, 0) is 48.5 Å². The molecule has 0 saturated carbocycles. The number of nitrogens with one attached hydrogen (secondary N) is 2. The van der Waals surface area contributed by atoms with Gasteiger partial charge in [-0.3, -0.25) is 0 Å². The van der Waals surface area contributed by atoms with Crippen molar-refractivity contribution in [3.05, 3.63) is 84.4 Å². The minimum absolute atomic E-state index is 0.125. The van der Waals surface area contributed by atoms with Gasteiger partial charge in [-0.15, -0.1) is 10.2 Å². The van der Waals surface area contributed by atoms with Gasteiger partial charge in [0, 0.05) is 22.9 Å². The summed E-state index contributed by atoms with van der Waals surface area (Å²) < 4.78 is 32.2. The van der Waals surface area contributed by atoms with Crippen molar-refractivity contribution in [2.45, 2.75) is 0 Å². The molecule has 1 heterocycles. The number of nitrogens with zero attached hydrogens (tertiary/aromatic N) is 2. The minimum Gasteiger partial charge on any atom is -0.416 e. The first-order chi connectivity index (χ1) is 14.1. The lowest BCUT2D eigenvalue weighted by molar-refractivity contribution is 0.262. The number of rotatable bonds is 4. The van der Waals surface area contributed by atoms with E-state index in [1.54, 1.807) is 24.3 Å². The summed E-state index contributed by atoms with van der Waals surface area (Å²) >= 11 is 0. The zero-order valence-corrected chi connectivity index (χ0v) is 14.9. The van der Waals surface area contributed by atoms with Crippen LogP contribution in [0, 0.1) is 11.6 Å². The third-order valence-corrected chi connectivity index (χ3v) is 4.01. The molecule has 2 amide bonds. The fourth-order valence-electron chi connectivity index (χ4n) is 2.61. The number of anilines is 2. The summed E-state index contributed by atoms with van der Waals surface area (Å²) in [6.45, 7) is 0. The van der Waals surface area contributed by atoms with Crippen molar-refractivity contribution in [2.24, 2.45) is 0 Å². The van der Waals surface area contributed by atoms with E-state index < -0.39 is 17.7 Å². The van der Waals surface area contributed by atoms with E-state index in [4.69, 9.17) is 4.42 Å². The predicted molar refractivity (Wildman–Crippen MR) is 104 cm³/mol. The van der Waals surface area contributed by atoms with Crippen LogP contribution in [0.1, 0.15) is 0 Å². The number of carbonyl (C=O) groups is 1. The maximum absolute atomic E-state index is 13.6. The fraction of sp³-hybridized carbons (Fsp3) is 0. The molecule has 0 radical (unpaired) electrons. The van der Waals surface area contributed by atoms with E-state index in [1.807, 2.05) is 30.3 Å². The lowest BCUT2D eigenvalue weighted by atomic mass is 10.2. The highest BCUT2D eigenvalue weighted by Crippen LogP contribution is 2.25. The molecule has 144 valence electrons. The zero-order valence-electron chi connectivity index (χ0n) is 14.9. The summed E-state index contributed by atoms with van der Waals surface area (Å²) in [4.78, 5) is 12.0. The Labute approximate surface area is 164 Å². The van der Waals surface area contributed by atoms with Crippen LogP contribution in [0.5, 0.6) is 0 Å². The van der Waals surface area contributed by atoms with Crippen molar-refractivity contribution >= 4 is 17.4 Å². The van der Waals surface area contributed by atoms with Crippen LogP contribution in [0.3, 0.4) is 0 Å². The molecule has 0 bridgehead atoms. The molecule has 0 saturated heterocycles. The van der Waals surface area contributed by atoms with Gasteiger partial charge in [0.1, 0.15) is 11.6 Å². The molecule has 6 nitrogen and oxygen atoms in total. The highest BCUT2D eigenvalue weighted by molar-refractivity contribution is 5.99. The summed E-state index contributed by atoms with van der Waals surface area (Å²) in [6, 6.07) is 18.3. The summed E-state index contributed by atoms with van der Waals surface area (Å²) in [7, 11) is 0. The van der Waals surface area contributed by atoms with Gasteiger partial charge in [0.25, 0.3) is 0 Å². The SMILES string of the molecule is O=C(Nc1ccc(-c2nnc(-c3ccccc3)o2)cc1)Nc1ccc(F)cc1F. The van der Waals surface area contributed by atoms with Crippen LogP contribution in [0.15, 0.2) is 77.2 Å². The van der Waals surface area contributed by atoms with Gasteiger partial charge in [0.05, 0.1) is 5.69 Å². The molecule has 4 rings (SSSR count). The Bertz CT molecular complexity index is 1150. The Morgan fingerprint density at radius 2 is 1.45 bits per heavy atom. The molecule has 0 fully saturated rings. The van der Waals surface area contributed by atoms with Crippen molar-refractivity contribution < 1.29 is 18.0 Å². The summed E-state index contributed by atoms with van der Waals surface area (Å²) in [6.07, 6.45) is 0. The number of halogens is 2. The molecule has 0 unspecified atom stereocenters. The van der Waals surface area contributed by atoms with E-state index in [1.165, 1.54) is 0 Å².